The third-order valence-corrected chi connectivity index (χ3v) is 3.36. The van der Waals surface area contributed by atoms with Crippen molar-refractivity contribution in [3.05, 3.63) is 23.4 Å². The molecule has 0 unspecified atom stereocenters. The van der Waals surface area contributed by atoms with Crippen LogP contribution in [0.2, 0.25) is 0 Å². The summed E-state index contributed by atoms with van der Waals surface area (Å²) in [6.07, 6.45) is 2.13. The van der Waals surface area contributed by atoms with Crippen molar-refractivity contribution in [3.8, 4) is 0 Å². The molecule has 0 saturated carbocycles. The zero-order chi connectivity index (χ0) is 12.7. The Hall–Kier alpha value is -0.740. The maximum Gasteiger partial charge on any atom is 0.128 e. The summed E-state index contributed by atoms with van der Waals surface area (Å²) < 4.78 is 0. The first-order valence-corrected chi connectivity index (χ1v) is 7.45. The summed E-state index contributed by atoms with van der Waals surface area (Å²) in [5.41, 5.74) is 2.41. The molecule has 0 aliphatic rings. The molecule has 1 heterocycles. The molecule has 0 radical (unpaired) electrons. The molecule has 0 fully saturated rings. The lowest BCUT2D eigenvalue weighted by Gasteiger charge is -2.19. The maximum absolute atomic E-state index is 4.66. The van der Waals surface area contributed by atoms with Crippen molar-refractivity contribution < 1.29 is 0 Å². The number of nitrogens with zero attached hydrogens (tertiary/aromatic N) is 2. The summed E-state index contributed by atoms with van der Waals surface area (Å²) in [4.78, 5) is 6.86. The normalized spacial score (nSPS) is 10.6. The maximum atomic E-state index is 4.66. The second kappa shape index (κ2) is 7.56. The van der Waals surface area contributed by atoms with Gasteiger partial charge in [-0.1, -0.05) is 13.0 Å². The van der Waals surface area contributed by atoms with Gasteiger partial charge in [0.15, 0.2) is 0 Å². The Kier molecular flexibility index (Phi) is 6.37. The van der Waals surface area contributed by atoms with Crippen molar-refractivity contribution in [2.45, 2.75) is 20.4 Å². The van der Waals surface area contributed by atoms with Gasteiger partial charge in [0.2, 0.25) is 0 Å². The van der Waals surface area contributed by atoms with Gasteiger partial charge in [0.25, 0.3) is 0 Å². The number of thioether (sulfide) groups is 1. The quantitative estimate of drug-likeness (QED) is 0.807. The fraction of sp³-hybridized carbons (Fsp3) is 0.615. The van der Waals surface area contributed by atoms with Gasteiger partial charge in [0.05, 0.1) is 0 Å². The van der Waals surface area contributed by atoms with Gasteiger partial charge in [0.1, 0.15) is 5.82 Å². The van der Waals surface area contributed by atoms with Crippen LogP contribution in [0.5, 0.6) is 0 Å². The number of hydrogen-bond donors (Lipinski definition) is 1. The third kappa shape index (κ3) is 4.56. The van der Waals surface area contributed by atoms with Gasteiger partial charge in [-0.25, -0.2) is 4.98 Å². The van der Waals surface area contributed by atoms with Crippen LogP contribution in [0.3, 0.4) is 0 Å². The summed E-state index contributed by atoms with van der Waals surface area (Å²) in [6, 6.07) is 4.29. The Morgan fingerprint density at radius 2 is 2.18 bits per heavy atom. The van der Waals surface area contributed by atoms with Crippen LogP contribution in [0.25, 0.3) is 0 Å². The average molecular weight is 253 g/mol. The fourth-order valence-corrected chi connectivity index (χ4v) is 2.03. The van der Waals surface area contributed by atoms with Gasteiger partial charge in [0, 0.05) is 31.6 Å². The molecule has 1 rings (SSSR count). The molecule has 0 saturated heterocycles. The van der Waals surface area contributed by atoms with Gasteiger partial charge in [-0.15, -0.1) is 0 Å². The van der Waals surface area contributed by atoms with E-state index in [4.69, 9.17) is 0 Å². The molecule has 0 atom stereocenters. The molecule has 3 nitrogen and oxygen atoms in total. The van der Waals surface area contributed by atoms with Gasteiger partial charge in [-0.05, 0) is 31.4 Å². The Morgan fingerprint density at radius 1 is 1.41 bits per heavy atom. The van der Waals surface area contributed by atoms with E-state index in [-0.39, 0.29) is 0 Å². The van der Waals surface area contributed by atoms with Gasteiger partial charge in [-0.3, -0.25) is 0 Å². The Labute approximate surface area is 109 Å². The molecule has 4 heteroatoms. The van der Waals surface area contributed by atoms with E-state index in [0.717, 1.165) is 36.9 Å². The van der Waals surface area contributed by atoms with E-state index in [1.165, 1.54) is 5.56 Å². The summed E-state index contributed by atoms with van der Waals surface area (Å²) in [5, 5.41) is 3.33. The molecule has 1 aromatic rings. The molecule has 1 aromatic heterocycles. The Bertz CT molecular complexity index is 341. The van der Waals surface area contributed by atoms with E-state index < -0.39 is 0 Å². The molecule has 0 aliphatic heterocycles. The number of anilines is 1. The number of nitrogens with one attached hydrogen (secondary N) is 1. The van der Waals surface area contributed by atoms with E-state index in [1.807, 2.05) is 11.8 Å². The number of aromatic nitrogens is 1. The average Bonchev–Trinajstić information content (AvgIpc) is 2.34. The molecular weight excluding hydrogens is 230 g/mol. The van der Waals surface area contributed by atoms with Gasteiger partial charge in [-0.2, -0.15) is 11.8 Å². The number of rotatable bonds is 7. The highest BCUT2D eigenvalue weighted by Crippen LogP contribution is 2.14. The van der Waals surface area contributed by atoms with E-state index in [2.05, 4.69) is 54.5 Å². The van der Waals surface area contributed by atoms with Gasteiger partial charge >= 0.3 is 0 Å². The monoisotopic (exact) mass is 253 g/mol. The molecule has 0 bridgehead atoms. The van der Waals surface area contributed by atoms with Crippen LogP contribution in [0.1, 0.15) is 18.2 Å². The van der Waals surface area contributed by atoms with Crippen LogP contribution in [-0.2, 0) is 6.54 Å². The molecule has 0 spiro atoms. The molecule has 17 heavy (non-hydrogen) atoms. The molecule has 0 amide bonds. The first-order chi connectivity index (χ1) is 8.19. The van der Waals surface area contributed by atoms with E-state index in [9.17, 15) is 0 Å². The molecular formula is C13H23N3S. The van der Waals surface area contributed by atoms with Crippen molar-refractivity contribution in [2.75, 3.05) is 37.0 Å². The minimum absolute atomic E-state index is 0.907. The number of aryl methyl sites for hydroxylation is 1. The standard InChI is InChI=1S/C13H23N3S/c1-5-14-10-12-6-7-13(15-11(12)2)16(3)8-9-17-4/h6-7,14H,5,8-10H2,1-4H3. The summed E-state index contributed by atoms with van der Waals surface area (Å²) >= 11 is 1.86. The smallest absolute Gasteiger partial charge is 0.128 e. The lowest BCUT2D eigenvalue weighted by molar-refractivity contribution is 0.719. The van der Waals surface area contributed by atoms with Crippen molar-refractivity contribution in [2.24, 2.45) is 0 Å². The second-order valence-electron chi connectivity index (χ2n) is 4.11. The van der Waals surface area contributed by atoms with Crippen molar-refractivity contribution in [1.29, 1.82) is 0 Å². The molecule has 0 aliphatic carbocycles. The zero-order valence-electron chi connectivity index (χ0n) is 11.3. The summed E-state index contributed by atoms with van der Waals surface area (Å²) in [6.45, 7) is 7.14. The van der Waals surface area contributed by atoms with Crippen molar-refractivity contribution in [3.63, 3.8) is 0 Å². The predicted octanol–water partition coefficient (Wildman–Crippen LogP) is 2.30. The SMILES string of the molecule is CCNCc1ccc(N(C)CCSC)nc1C. The molecule has 0 aromatic carbocycles. The third-order valence-electron chi connectivity index (χ3n) is 2.77. The minimum atomic E-state index is 0.907. The minimum Gasteiger partial charge on any atom is -0.359 e. The molecule has 96 valence electrons. The Morgan fingerprint density at radius 3 is 2.76 bits per heavy atom. The van der Waals surface area contributed by atoms with Crippen molar-refractivity contribution in [1.82, 2.24) is 10.3 Å². The van der Waals surface area contributed by atoms with E-state index in [0.29, 0.717) is 0 Å². The summed E-state index contributed by atoms with van der Waals surface area (Å²) in [5.74, 6) is 2.20. The van der Waals surface area contributed by atoms with Crippen LogP contribution in [0.4, 0.5) is 5.82 Å². The highest BCUT2D eigenvalue weighted by molar-refractivity contribution is 7.98. The van der Waals surface area contributed by atoms with Crippen LogP contribution < -0.4 is 10.2 Å². The topological polar surface area (TPSA) is 28.2 Å². The number of pyridine rings is 1. The van der Waals surface area contributed by atoms with E-state index >= 15 is 0 Å². The zero-order valence-corrected chi connectivity index (χ0v) is 12.1. The first kappa shape index (κ1) is 14.3. The highest BCUT2D eigenvalue weighted by Gasteiger charge is 2.05. The lowest BCUT2D eigenvalue weighted by atomic mass is 10.2. The van der Waals surface area contributed by atoms with Crippen LogP contribution in [0, 0.1) is 6.92 Å². The predicted molar refractivity (Wildman–Crippen MR) is 78.0 cm³/mol. The lowest BCUT2D eigenvalue weighted by Crippen LogP contribution is -2.22. The second-order valence-corrected chi connectivity index (χ2v) is 5.09. The molecule has 1 N–H and O–H groups in total. The largest absolute Gasteiger partial charge is 0.359 e. The van der Waals surface area contributed by atoms with E-state index in [1.54, 1.807) is 0 Å². The van der Waals surface area contributed by atoms with Gasteiger partial charge < -0.3 is 10.2 Å². The Balaban J connectivity index is 2.67. The first-order valence-electron chi connectivity index (χ1n) is 6.06. The highest BCUT2D eigenvalue weighted by atomic mass is 32.2. The number of hydrogen-bond acceptors (Lipinski definition) is 4. The van der Waals surface area contributed by atoms with Crippen LogP contribution >= 0.6 is 11.8 Å². The fourth-order valence-electron chi connectivity index (χ4n) is 1.58. The summed E-state index contributed by atoms with van der Waals surface area (Å²) in [7, 11) is 2.10. The van der Waals surface area contributed by atoms with Crippen LogP contribution in [-0.4, -0.2) is 37.1 Å². The van der Waals surface area contributed by atoms with Crippen LogP contribution in [0.15, 0.2) is 12.1 Å². The van der Waals surface area contributed by atoms with Crippen molar-refractivity contribution >= 4 is 17.6 Å².